The van der Waals surface area contributed by atoms with E-state index in [9.17, 15) is 9.59 Å². The molecule has 34 heavy (non-hydrogen) atoms. The number of aromatic nitrogens is 2. The number of fused-ring (bicyclic) bond motifs is 1. The predicted molar refractivity (Wildman–Crippen MR) is 140 cm³/mol. The van der Waals surface area contributed by atoms with Crippen LogP contribution in [0.15, 0.2) is 53.3 Å². The molecule has 1 heterocycles. The number of benzene rings is 2. The zero-order valence-corrected chi connectivity index (χ0v) is 21.2. The molecule has 0 radical (unpaired) electrons. The molecular formula is C29H39N3O2. The molecule has 1 atom stereocenters. The van der Waals surface area contributed by atoms with Crippen LogP contribution in [0.2, 0.25) is 0 Å². The fourth-order valence-corrected chi connectivity index (χ4v) is 4.66. The van der Waals surface area contributed by atoms with Gasteiger partial charge < -0.3 is 4.90 Å². The van der Waals surface area contributed by atoms with Crippen LogP contribution >= 0.6 is 0 Å². The van der Waals surface area contributed by atoms with Crippen molar-refractivity contribution in [2.45, 2.75) is 85.1 Å². The number of aryl methyl sites for hydroxylation is 1. The van der Waals surface area contributed by atoms with Crippen molar-refractivity contribution in [1.82, 2.24) is 14.5 Å². The van der Waals surface area contributed by atoms with Gasteiger partial charge in [-0.1, -0.05) is 75.8 Å². The lowest BCUT2D eigenvalue weighted by atomic mass is 10.1. The first-order valence-corrected chi connectivity index (χ1v) is 12.9. The van der Waals surface area contributed by atoms with Crippen molar-refractivity contribution in [2.75, 3.05) is 6.54 Å². The molecule has 0 saturated carbocycles. The molecular weight excluding hydrogens is 422 g/mol. The van der Waals surface area contributed by atoms with E-state index in [1.54, 1.807) is 4.57 Å². The number of carbonyl (C=O) groups is 1. The average Bonchev–Trinajstić information content (AvgIpc) is 2.84. The number of hydrogen-bond donors (Lipinski definition) is 0. The van der Waals surface area contributed by atoms with Gasteiger partial charge in [0, 0.05) is 13.0 Å². The van der Waals surface area contributed by atoms with Crippen LogP contribution in [0.3, 0.4) is 0 Å². The lowest BCUT2D eigenvalue weighted by Crippen LogP contribution is -2.37. The Labute approximate surface area is 203 Å². The van der Waals surface area contributed by atoms with Crippen LogP contribution in [0.1, 0.15) is 89.6 Å². The Hall–Kier alpha value is -2.95. The Morgan fingerprint density at radius 1 is 0.941 bits per heavy atom. The highest BCUT2D eigenvalue weighted by Gasteiger charge is 2.25. The van der Waals surface area contributed by atoms with Crippen molar-refractivity contribution in [3.63, 3.8) is 0 Å². The lowest BCUT2D eigenvalue weighted by molar-refractivity contribution is -0.133. The van der Waals surface area contributed by atoms with Crippen molar-refractivity contribution in [2.24, 2.45) is 0 Å². The maximum absolute atomic E-state index is 13.6. The summed E-state index contributed by atoms with van der Waals surface area (Å²) >= 11 is 0. The standard InChI is InChI=1S/C29H39N3O2/c1-5-7-8-9-10-11-12-21-27(33)31(6-2)23(4)28-30-25-19-15-14-18-24(25)29(34)32(28)26-20-16-13-17-22(26)3/h13-20,23H,5-12,21H2,1-4H3. The van der Waals surface area contributed by atoms with Gasteiger partial charge in [-0.15, -0.1) is 0 Å². The molecule has 0 bridgehead atoms. The van der Waals surface area contributed by atoms with E-state index >= 15 is 0 Å². The number of nitrogens with zero attached hydrogens (tertiary/aromatic N) is 3. The Bertz CT molecular complexity index is 1150. The number of rotatable bonds is 12. The summed E-state index contributed by atoms with van der Waals surface area (Å²) in [5.74, 6) is 0.732. The van der Waals surface area contributed by atoms with Crippen LogP contribution < -0.4 is 5.56 Å². The number of carbonyl (C=O) groups excluding carboxylic acids is 1. The molecule has 5 nitrogen and oxygen atoms in total. The highest BCUT2D eigenvalue weighted by Crippen LogP contribution is 2.25. The van der Waals surface area contributed by atoms with E-state index in [1.807, 2.05) is 74.2 Å². The van der Waals surface area contributed by atoms with Gasteiger partial charge in [0.1, 0.15) is 5.82 Å². The second kappa shape index (κ2) is 12.5. The third-order valence-corrected chi connectivity index (χ3v) is 6.65. The summed E-state index contributed by atoms with van der Waals surface area (Å²) in [7, 11) is 0. The number of unbranched alkanes of at least 4 members (excludes halogenated alkanes) is 6. The molecule has 0 saturated heterocycles. The van der Waals surface area contributed by atoms with Gasteiger partial charge in [-0.2, -0.15) is 0 Å². The van der Waals surface area contributed by atoms with Crippen LogP contribution in [0.25, 0.3) is 16.6 Å². The summed E-state index contributed by atoms with van der Waals surface area (Å²) in [6.45, 7) is 8.78. The molecule has 0 N–H and O–H groups in total. The van der Waals surface area contributed by atoms with Gasteiger partial charge in [-0.25, -0.2) is 4.98 Å². The highest BCUT2D eigenvalue weighted by atomic mass is 16.2. The second-order valence-electron chi connectivity index (χ2n) is 9.14. The Morgan fingerprint density at radius 3 is 2.29 bits per heavy atom. The third-order valence-electron chi connectivity index (χ3n) is 6.65. The minimum atomic E-state index is -0.320. The number of amides is 1. The largest absolute Gasteiger partial charge is 0.333 e. The molecule has 0 fully saturated rings. The van der Waals surface area contributed by atoms with Crippen molar-refractivity contribution in [1.29, 1.82) is 0 Å². The minimum absolute atomic E-state index is 0.0997. The van der Waals surface area contributed by atoms with E-state index in [2.05, 4.69) is 6.92 Å². The molecule has 0 aliphatic rings. The highest BCUT2D eigenvalue weighted by molar-refractivity contribution is 5.79. The van der Waals surface area contributed by atoms with Gasteiger partial charge in [-0.05, 0) is 51.0 Å². The second-order valence-corrected chi connectivity index (χ2v) is 9.14. The van der Waals surface area contributed by atoms with Crippen molar-refractivity contribution >= 4 is 16.8 Å². The molecule has 1 unspecified atom stereocenters. The molecule has 0 aliphatic heterocycles. The van der Waals surface area contributed by atoms with Gasteiger partial charge in [0.2, 0.25) is 5.91 Å². The molecule has 2 aromatic carbocycles. The SMILES string of the molecule is CCCCCCCCCC(=O)N(CC)C(C)c1nc2ccccc2c(=O)n1-c1ccccc1C. The van der Waals surface area contributed by atoms with E-state index in [0.717, 1.165) is 24.1 Å². The van der Waals surface area contributed by atoms with Gasteiger partial charge >= 0.3 is 0 Å². The van der Waals surface area contributed by atoms with Gasteiger partial charge in [0.15, 0.2) is 0 Å². The lowest BCUT2D eigenvalue weighted by Gasteiger charge is -2.30. The summed E-state index contributed by atoms with van der Waals surface area (Å²) in [4.78, 5) is 33.6. The third kappa shape index (κ3) is 5.94. The summed E-state index contributed by atoms with van der Waals surface area (Å²) in [6.07, 6.45) is 8.79. The number of para-hydroxylation sites is 2. The van der Waals surface area contributed by atoms with E-state index < -0.39 is 0 Å². The van der Waals surface area contributed by atoms with Crippen molar-refractivity contribution in [3.8, 4) is 5.69 Å². The quantitative estimate of drug-likeness (QED) is 0.281. The molecule has 0 spiro atoms. The van der Waals surface area contributed by atoms with Gasteiger partial charge in [0.05, 0.1) is 22.6 Å². The normalized spacial score (nSPS) is 12.1. The molecule has 3 rings (SSSR count). The van der Waals surface area contributed by atoms with E-state index in [4.69, 9.17) is 4.98 Å². The topological polar surface area (TPSA) is 55.2 Å². The summed E-state index contributed by atoms with van der Waals surface area (Å²) in [5, 5.41) is 0.583. The van der Waals surface area contributed by atoms with E-state index in [1.165, 1.54) is 32.1 Å². The molecule has 3 aromatic rings. The van der Waals surface area contributed by atoms with Crippen LogP contribution in [-0.2, 0) is 4.79 Å². The fraction of sp³-hybridized carbons (Fsp3) is 0.483. The van der Waals surface area contributed by atoms with E-state index in [0.29, 0.717) is 29.7 Å². The van der Waals surface area contributed by atoms with Crippen molar-refractivity contribution in [3.05, 3.63) is 70.3 Å². The average molecular weight is 462 g/mol. The van der Waals surface area contributed by atoms with Crippen LogP contribution in [0, 0.1) is 6.92 Å². The van der Waals surface area contributed by atoms with Crippen LogP contribution in [0.5, 0.6) is 0 Å². The monoisotopic (exact) mass is 461 g/mol. The van der Waals surface area contributed by atoms with Gasteiger partial charge in [-0.3, -0.25) is 14.2 Å². The fourth-order valence-electron chi connectivity index (χ4n) is 4.66. The summed E-state index contributed by atoms with van der Waals surface area (Å²) in [5.41, 5.74) is 2.36. The minimum Gasteiger partial charge on any atom is -0.333 e. The molecule has 1 amide bonds. The first-order chi connectivity index (χ1) is 16.5. The smallest absolute Gasteiger partial charge is 0.266 e. The summed E-state index contributed by atoms with van der Waals surface area (Å²) in [6, 6.07) is 15.0. The zero-order chi connectivity index (χ0) is 24.5. The molecule has 5 heteroatoms. The maximum Gasteiger partial charge on any atom is 0.266 e. The Balaban J connectivity index is 1.89. The first-order valence-electron chi connectivity index (χ1n) is 12.9. The van der Waals surface area contributed by atoms with Crippen LogP contribution in [-0.4, -0.2) is 26.9 Å². The molecule has 1 aromatic heterocycles. The Kier molecular flexibility index (Phi) is 9.43. The number of hydrogen-bond acceptors (Lipinski definition) is 3. The summed E-state index contributed by atoms with van der Waals surface area (Å²) < 4.78 is 1.70. The van der Waals surface area contributed by atoms with E-state index in [-0.39, 0.29) is 17.5 Å². The van der Waals surface area contributed by atoms with Gasteiger partial charge in [0.25, 0.3) is 5.56 Å². The maximum atomic E-state index is 13.6. The first kappa shape index (κ1) is 25.7. The molecule has 182 valence electrons. The zero-order valence-electron chi connectivity index (χ0n) is 21.2. The predicted octanol–water partition coefficient (Wildman–Crippen LogP) is 6.74. The Morgan fingerprint density at radius 2 is 1.59 bits per heavy atom. The van der Waals surface area contributed by atoms with Crippen molar-refractivity contribution < 1.29 is 4.79 Å². The molecule has 0 aliphatic carbocycles. The van der Waals surface area contributed by atoms with Crippen LogP contribution in [0.4, 0.5) is 0 Å².